The van der Waals surface area contributed by atoms with Gasteiger partial charge < -0.3 is 8.98 Å². The van der Waals surface area contributed by atoms with E-state index < -0.39 is 0 Å². The Morgan fingerprint density at radius 3 is 2.11 bits per heavy atom. The van der Waals surface area contributed by atoms with Gasteiger partial charge in [-0.2, -0.15) is 0 Å². The maximum absolute atomic E-state index is 13.1. The predicted molar refractivity (Wildman–Crippen MR) is 100 cm³/mol. The average Bonchev–Trinajstić information content (AvgIpc) is 3.31. The number of thioether (sulfide) groups is 1. The molecule has 2 aromatic heterocycles. The molecule has 1 atom stereocenters. The summed E-state index contributed by atoms with van der Waals surface area (Å²) < 4.78 is 33.7. The quantitative estimate of drug-likeness (QED) is 0.455. The summed E-state index contributed by atoms with van der Waals surface area (Å²) in [5, 5.41) is 17.0. The first-order valence-electron chi connectivity index (χ1n) is 8.42. The van der Waals surface area contributed by atoms with Crippen molar-refractivity contribution in [1.29, 1.82) is 0 Å². The molecule has 4 aromatic rings. The Morgan fingerprint density at radius 2 is 1.46 bits per heavy atom. The van der Waals surface area contributed by atoms with Gasteiger partial charge in [-0.05, 0) is 55.5 Å². The average molecular weight is 399 g/mol. The van der Waals surface area contributed by atoms with Gasteiger partial charge in [0.05, 0.1) is 5.25 Å². The van der Waals surface area contributed by atoms with Crippen LogP contribution in [-0.4, -0.2) is 25.0 Å². The third kappa shape index (κ3) is 3.65. The molecule has 0 unspecified atom stereocenters. The van der Waals surface area contributed by atoms with Gasteiger partial charge in [-0.25, -0.2) is 8.78 Å². The highest BCUT2D eigenvalue weighted by atomic mass is 32.2. The third-order valence-corrected chi connectivity index (χ3v) is 5.22. The minimum absolute atomic E-state index is 0.175. The molecule has 0 spiro atoms. The highest BCUT2D eigenvalue weighted by molar-refractivity contribution is 7.99. The number of hydrogen-bond acceptors (Lipinski definition) is 6. The van der Waals surface area contributed by atoms with Crippen LogP contribution >= 0.6 is 11.8 Å². The Balaban J connectivity index is 1.52. The van der Waals surface area contributed by atoms with Gasteiger partial charge in [-0.15, -0.1) is 20.4 Å². The van der Waals surface area contributed by atoms with Crippen LogP contribution in [0.15, 0.2) is 58.1 Å². The molecule has 9 heteroatoms. The number of aromatic nitrogens is 5. The maximum atomic E-state index is 13.1. The van der Waals surface area contributed by atoms with Gasteiger partial charge in [-0.1, -0.05) is 11.8 Å². The highest BCUT2D eigenvalue weighted by Gasteiger charge is 2.20. The molecule has 2 aromatic carbocycles. The van der Waals surface area contributed by atoms with Crippen molar-refractivity contribution in [3.8, 4) is 22.8 Å². The minimum atomic E-state index is -0.327. The molecule has 28 heavy (non-hydrogen) atoms. The second kappa shape index (κ2) is 7.51. The van der Waals surface area contributed by atoms with E-state index >= 15 is 0 Å². The fourth-order valence-corrected chi connectivity index (χ4v) is 3.43. The van der Waals surface area contributed by atoms with E-state index in [9.17, 15) is 8.78 Å². The van der Waals surface area contributed by atoms with Gasteiger partial charge >= 0.3 is 0 Å². The Bertz CT molecular complexity index is 1090. The standard InChI is InChI=1S/C19H15F2N5OS/c1-11(17-23-24-18(27-17)13-5-9-15(21)10-6-13)28-19-25-22-16(26(19)2)12-3-7-14(20)8-4-12/h3-11H,1-2H3/t11-/m1/s1. The van der Waals surface area contributed by atoms with E-state index in [1.54, 1.807) is 24.3 Å². The lowest BCUT2D eigenvalue weighted by Crippen LogP contribution is -1.97. The first kappa shape index (κ1) is 18.3. The zero-order chi connectivity index (χ0) is 19.7. The van der Waals surface area contributed by atoms with Gasteiger partial charge in [0, 0.05) is 18.2 Å². The summed E-state index contributed by atoms with van der Waals surface area (Å²) >= 11 is 1.41. The second-order valence-electron chi connectivity index (χ2n) is 6.08. The van der Waals surface area contributed by atoms with E-state index in [1.807, 2.05) is 18.5 Å². The molecule has 142 valence electrons. The number of hydrogen-bond donors (Lipinski definition) is 0. The van der Waals surface area contributed by atoms with Crippen LogP contribution in [0.1, 0.15) is 18.1 Å². The van der Waals surface area contributed by atoms with E-state index in [1.165, 1.54) is 36.0 Å². The van der Waals surface area contributed by atoms with Crippen molar-refractivity contribution in [2.75, 3.05) is 0 Å². The Morgan fingerprint density at radius 1 is 0.857 bits per heavy atom. The Labute approximate surface area is 163 Å². The summed E-state index contributed by atoms with van der Waals surface area (Å²) in [5.74, 6) is 0.754. The molecule has 2 heterocycles. The van der Waals surface area contributed by atoms with Crippen LogP contribution in [0.4, 0.5) is 8.78 Å². The van der Waals surface area contributed by atoms with Crippen LogP contribution in [-0.2, 0) is 7.05 Å². The van der Waals surface area contributed by atoms with Crippen LogP contribution < -0.4 is 0 Å². The van der Waals surface area contributed by atoms with Crippen molar-refractivity contribution in [3.63, 3.8) is 0 Å². The summed E-state index contributed by atoms with van der Waals surface area (Å²) in [6, 6.07) is 11.9. The second-order valence-corrected chi connectivity index (χ2v) is 7.39. The van der Waals surface area contributed by atoms with Gasteiger partial charge in [0.1, 0.15) is 11.6 Å². The number of nitrogens with zero attached hydrogens (tertiary/aromatic N) is 5. The van der Waals surface area contributed by atoms with Crippen molar-refractivity contribution in [2.45, 2.75) is 17.3 Å². The SMILES string of the molecule is C[C@@H](Sc1nnc(-c2ccc(F)cc2)n1C)c1nnc(-c2ccc(F)cc2)o1. The largest absolute Gasteiger partial charge is 0.419 e. The highest BCUT2D eigenvalue weighted by Crippen LogP contribution is 2.35. The van der Waals surface area contributed by atoms with E-state index in [4.69, 9.17) is 4.42 Å². The van der Waals surface area contributed by atoms with Crippen molar-refractivity contribution < 1.29 is 13.2 Å². The number of halogens is 2. The van der Waals surface area contributed by atoms with Crippen molar-refractivity contribution in [1.82, 2.24) is 25.0 Å². The molecule has 0 amide bonds. The lowest BCUT2D eigenvalue weighted by atomic mass is 10.2. The molecule has 0 aliphatic carbocycles. The fraction of sp³-hybridized carbons (Fsp3) is 0.158. The lowest BCUT2D eigenvalue weighted by Gasteiger charge is -2.07. The summed E-state index contributed by atoms with van der Waals surface area (Å²) in [4.78, 5) is 0. The van der Waals surface area contributed by atoms with Gasteiger partial charge in [0.2, 0.25) is 11.8 Å². The molecule has 0 radical (unpaired) electrons. The molecular weight excluding hydrogens is 384 g/mol. The third-order valence-electron chi connectivity index (χ3n) is 4.10. The minimum Gasteiger partial charge on any atom is -0.419 e. The van der Waals surface area contributed by atoms with Crippen molar-refractivity contribution in [2.24, 2.45) is 7.05 Å². The fourth-order valence-electron chi connectivity index (χ4n) is 2.58. The van der Waals surface area contributed by atoms with Crippen LogP contribution in [0.25, 0.3) is 22.8 Å². The summed E-state index contributed by atoms with van der Waals surface area (Å²) in [6.45, 7) is 1.92. The monoisotopic (exact) mass is 399 g/mol. The maximum Gasteiger partial charge on any atom is 0.247 e. The lowest BCUT2D eigenvalue weighted by molar-refractivity contribution is 0.508. The summed E-state index contributed by atoms with van der Waals surface area (Å²) in [5.41, 5.74) is 1.42. The van der Waals surface area contributed by atoms with Crippen molar-refractivity contribution in [3.05, 3.63) is 66.1 Å². The van der Waals surface area contributed by atoms with Crippen LogP contribution in [0, 0.1) is 11.6 Å². The summed E-state index contributed by atoms with van der Waals surface area (Å²) in [6.07, 6.45) is 0. The van der Waals surface area contributed by atoms with E-state index in [-0.39, 0.29) is 16.9 Å². The van der Waals surface area contributed by atoms with Crippen LogP contribution in [0.5, 0.6) is 0 Å². The van der Waals surface area contributed by atoms with Crippen molar-refractivity contribution >= 4 is 11.8 Å². The van der Waals surface area contributed by atoms with Gasteiger partial charge in [0.15, 0.2) is 11.0 Å². The molecule has 0 aliphatic rings. The molecule has 0 aliphatic heterocycles. The molecule has 4 rings (SSSR count). The summed E-state index contributed by atoms with van der Waals surface area (Å²) in [7, 11) is 1.84. The Hall–Kier alpha value is -3.07. The predicted octanol–water partition coefficient (Wildman–Crippen LogP) is 4.66. The van der Waals surface area contributed by atoms with E-state index in [0.29, 0.717) is 28.3 Å². The zero-order valence-electron chi connectivity index (χ0n) is 15.0. The molecule has 6 nitrogen and oxygen atoms in total. The first-order valence-corrected chi connectivity index (χ1v) is 9.30. The van der Waals surface area contributed by atoms with Crippen LogP contribution in [0.2, 0.25) is 0 Å². The normalized spacial score (nSPS) is 12.3. The van der Waals surface area contributed by atoms with Crippen LogP contribution in [0.3, 0.4) is 0 Å². The molecule has 0 saturated carbocycles. The van der Waals surface area contributed by atoms with Gasteiger partial charge in [-0.3, -0.25) is 0 Å². The molecule has 0 saturated heterocycles. The molecule has 0 fully saturated rings. The smallest absolute Gasteiger partial charge is 0.247 e. The van der Waals surface area contributed by atoms with E-state index in [0.717, 1.165) is 5.56 Å². The van der Waals surface area contributed by atoms with Gasteiger partial charge in [0.25, 0.3) is 0 Å². The molecular formula is C19H15F2N5OS. The zero-order valence-corrected chi connectivity index (χ0v) is 15.8. The number of benzene rings is 2. The van der Waals surface area contributed by atoms with E-state index in [2.05, 4.69) is 20.4 Å². The number of rotatable bonds is 5. The topological polar surface area (TPSA) is 69.6 Å². The Kier molecular flexibility index (Phi) is 4.91. The molecule has 0 bridgehead atoms. The molecule has 0 N–H and O–H groups in total. The first-order chi connectivity index (χ1) is 13.5.